The van der Waals surface area contributed by atoms with Crippen molar-refractivity contribution < 1.29 is 22.3 Å². The molecule has 2 aromatic rings. The predicted molar refractivity (Wildman–Crippen MR) is 94.9 cm³/mol. The van der Waals surface area contributed by atoms with Crippen molar-refractivity contribution in [3.05, 3.63) is 36.4 Å². The van der Waals surface area contributed by atoms with E-state index in [1.54, 1.807) is 7.11 Å². The summed E-state index contributed by atoms with van der Waals surface area (Å²) in [5, 5.41) is 2.03. The molecule has 7 heteroatoms. The minimum absolute atomic E-state index is 0. The van der Waals surface area contributed by atoms with Gasteiger partial charge in [-0.2, -0.15) is 8.42 Å². The van der Waals surface area contributed by atoms with Crippen molar-refractivity contribution in [1.29, 1.82) is 0 Å². The lowest BCUT2D eigenvalue weighted by Gasteiger charge is -2.35. The van der Waals surface area contributed by atoms with Gasteiger partial charge in [0, 0.05) is 21.8 Å². The predicted octanol–water partition coefficient (Wildman–Crippen LogP) is 2.87. The Morgan fingerprint density at radius 1 is 1.00 bits per heavy atom. The topological polar surface area (TPSA) is 84.1 Å². The van der Waals surface area contributed by atoms with E-state index in [-0.39, 0.29) is 5.48 Å². The van der Waals surface area contributed by atoms with Crippen LogP contribution < -0.4 is 4.74 Å². The lowest BCUT2D eigenvalue weighted by atomic mass is 10.1. The first-order valence-electron chi connectivity index (χ1n) is 7.21. The summed E-state index contributed by atoms with van der Waals surface area (Å²) in [5.74, 6) is 2.40. The van der Waals surface area contributed by atoms with E-state index in [4.69, 9.17) is 8.37 Å². The molecule has 2 aromatic carbocycles. The molecule has 23 heavy (non-hydrogen) atoms. The number of hydrogen-bond donors (Lipinski definition) is 0. The van der Waals surface area contributed by atoms with E-state index >= 15 is 0 Å². The van der Waals surface area contributed by atoms with Crippen LogP contribution in [0.5, 0.6) is 5.75 Å². The molecule has 0 unspecified atom stereocenters. The van der Waals surface area contributed by atoms with Crippen LogP contribution in [0.4, 0.5) is 0 Å². The summed E-state index contributed by atoms with van der Waals surface area (Å²) in [6.45, 7) is 0. The fourth-order valence-electron chi connectivity index (χ4n) is 3.08. The average molecular weight is 358 g/mol. The van der Waals surface area contributed by atoms with Gasteiger partial charge in [-0.3, -0.25) is 0 Å². The molecule has 0 amide bonds. The zero-order chi connectivity index (χ0) is 15.8. The summed E-state index contributed by atoms with van der Waals surface area (Å²) in [7, 11) is -3.64. The number of ether oxygens (including phenoxy) is 1. The largest absolute Gasteiger partial charge is 0.496 e. The highest BCUT2D eigenvalue weighted by atomic mass is 32.3. The van der Waals surface area contributed by atoms with Gasteiger partial charge in [-0.05, 0) is 30.4 Å². The van der Waals surface area contributed by atoms with E-state index in [1.807, 2.05) is 36.4 Å². The molecule has 0 aliphatic carbocycles. The number of methoxy groups -OCH3 is 1. The summed E-state index contributed by atoms with van der Waals surface area (Å²) >= 11 is 0. The summed E-state index contributed by atoms with van der Waals surface area (Å²) in [4.78, 5) is 1.02. The lowest BCUT2D eigenvalue weighted by molar-refractivity contribution is 0.419. The third-order valence-corrected chi connectivity index (χ3v) is 9.00. The van der Waals surface area contributed by atoms with Gasteiger partial charge < -0.3 is 10.2 Å². The Kier molecular flexibility index (Phi) is 5.25. The van der Waals surface area contributed by atoms with Gasteiger partial charge in [-0.15, -0.1) is 0 Å². The van der Waals surface area contributed by atoms with Crippen LogP contribution in [0.1, 0.15) is 12.8 Å². The van der Waals surface area contributed by atoms with Crippen LogP contribution in [-0.2, 0) is 13.7 Å². The Morgan fingerprint density at radius 2 is 1.61 bits per heavy atom. The van der Waals surface area contributed by atoms with Crippen LogP contribution in [0.2, 0.25) is 0 Å². The molecule has 1 aliphatic rings. The Balaban J connectivity index is 0.00000192. The van der Waals surface area contributed by atoms with Gasteiger partial charge >= 0.3 is 0 Å². The quantitative estimate of drug-likeness (QED) is 0.841. The molecule has 128 valence electrons. The molecule has 0 radical (unpaired) electrons. The monoisotopic (exact) mass is 358 g/mol. The van der Waals surface area contributed by atoms with Crippen molar-refractivity contribution in [2.75, 3.05) is 24.9 Å². The van der Waals surface area contributed by atoms with E-state index in [0.29, 0.717) is 0 Å². The maximum Gasteiger partial charge on any atom is 0.273 e. The molecule has 3 rings (SSSR count). The van der Waals surface area contributed by atoms with Crippen molar-refractivity contribution in [3.63, 3.8) is 0 Å². The fourth-order valence-corrected chi connectivity index (χ4v) is 8.69. The van der Waals surface area contributed by atoms with Crippen LogP contribution in [0, 0.1) is 0 Å². The Bertz CT molecular complexity index is 795. The molecule has 1 fully saturated rings. The number of fused-ring (bicyclic) bond motifs is 1. The van der Waals surface area contributed by atoms with E-state index in [9.17, 15) is 8.42 Å². The second kappa shape index (κ2) is 6.68. The van der Waals surface area contributed by atoms with Gasteiger partial charge in [-0.25, -0.2) is 3.63 Å². The maximum atomic E-state index is 11.8. The smallest absolute Gasteiger partial charge is 0.273 e. The third-order valence-electron chi connectivity index (χ3n) is 3.92. The van der Waals surface area contributed by atoms with Gasteiger partial charge in [-0.1, -0.05) is 34.6 Å². The highest BCUT2D eigenvalue weighted by molar-refractivity contribution is 8.33. The average Bonchev–Trinajstić information content (AvgIpc) is 2.93. The van der Waals surface area contributed by atoms with Crippen molar-refractivity contribution in [2.24, 2.45) is 0 Å². The number of rotatable bonds is 4. The van der Waals surface area contributed by atoms with Gasteiger partial charge in [0.05, 0.1) is 13.4 Å². The number of benzene rings is 2. The Hall–Kier alpha value is -1.28. The molecule has 2 N–H and O–H groups in total. The third kappa shape index (κ3) is 3.47. The van der Waals surface area contributed by atoms with Gasteiger partial charge in [0.1, 0.15) is 5.75 Å². The Labute approximate surface area is 138 Å². The molecule has 0 aromatic heterocycles. The minimum atomic E-state index is -3.49. The second-order valence-electron chi connectivity index (χ2n) is 5.51. The molecular formula is C16H22O5S2. The van der Waals surface area contributed by atoms with Crippen LogP contribution in [0.25, 0.3) is 10.8 Å². The molecule has 0 atom stereocenters. The van der Waals surface area contributed by atoms with Crippen molar-refractivity contribution in [3.8, 4) is 5.75 Å². The molecule has 1 heterocycles. The molecule has 0 spiro atoms. The molecule has 1 saturated heterocycles. The van der Waals surface area contributed by atoms with E-state index in [1.165, 1.54) is 0 Å². The van der Waals surface area contributed by atoms with Crippen LogP contribution in [-0.4, -0.2) is 38.8 Å². The van der Waals surface area contributed by atoms with Crippen molar-refractivity contribution in [2.45, 2.75) is 17.7 Å². The van der Waals surface area contributed by atoms with E-state index in [2.05, 4.69) is 0 Å². The highest BCUT2D eigenvalue weighted by Gasteiger charge is 2.36. The molecule has 0 saturated carbocycles. The molecule has 5 nitrogen and oxygen atoms in total. The van der Waals surface area contributed by atoms with Gasteiger partial charge in [0.25, 0.3) is 10.1 Å². The first-order chi connectivity index (χ1) is 10.5. The summed E-state index contributed by atoms with van der Waals surface area (Å²) in [6.07, 6.45) is 3.15. The van der Waals surface area contributed by atoms with Crippen molar-refractivity contribution in [1.82, 2.24) is 0 Å². The summed E-state index contributed by atoms with van der Waals surface area (Å²) in [5.41, 5.74) is 0. The standard InChI is InChI=1S/C16H20O4S2.H2O/c1-19-15-9-10-16(14-8-4-3-7-13(14)15)22(11-5-6-12-22)20-21(2,17)18;/h3-4,7-10H,5-6,11-12H2,1-2H3;1H2. The zero-order valence-corrected chi connectivity index (χ0v) is 14.9. The normalized spacial score (nSPS) is 18.3. The SMILES string of the molecule is COc1ccc(S2(OS(C)(=O)=O)CCCC2)c2ccccc12.O. The minimum Gasteiger partial charge on any atom is -0.496 e. The van der Waals surface area contributed by atoms with Gasteiger partial charge in [0.15, 0.2) is 0 Å². The molecular weight excluding hydrogens is 336 g/mol. The van der Waals surface area contributed by atoms with Crippen LogP contribution in [0.15, 0.2) is 41.3 Å². The maximum absolute atomic E-state index is 11.8. The van der Waals surface area contributed by atoms with Crippen LogP contribution in [0.3, 0.4) is 0 Å². The summed E-state index contributed by atoms with van der Waals surface area (Å²) < 4.78 is 34.7. The van der Waals surface area contributed by atoms with E-state index < -0.39 is 20.4 Å². The van der Waals surface area contributed by atoms with Gasteiger partial charge in [0.2, 0.25) is 0 Å². The summed E-state index contributed by atoms with van der Waals surface area (Å²) in [6, 6.07) is 11.8. The molecule has 1 aliphatic heterocycles. The molecule has 0 bridgehead atoms. The highest BCUT2D eigenvalue weighted by Crippen LogP contribution is 2.64. The Morgan fingerprint density at radius 3 is 2.17 bits per heavy atom. The van der Waals surface area contributed by atoms with E-state index in [0.717, 1.165) is 52.0 Å². The van der Waals surface area contributed by atoms with Crippen LogP contribution >= 0.6 is 10.3 Å². The fraction of sp³-hybridized carbons (Fsp3) is 0.375. The van der Waals surface area contributed by atoms with Crippen molar-refractivity contribution >= 4 is 31.2 Å². The second-order valence-corrected chi connectivity index (χ2v) is 10.3. The zero-order valence-electron chi connectivity index (χ0n) is 13.2. The lowest BCUT2D eigenvalue weighted by Crippen LogP contribution is -2.13. The first kappa shape index (κ1) is 18.1. The number of hydrogen-bond acceptors (Lipinski definition) is 4. The first-order valence-corrected chi connectivity index (χ1v) is 10.9.